The molecule has 0 aliphatic heterocycles. The average Bonchev–Trinajstić information content (AvgIpc) is 2.11. The number of ether oxygens (including phenoxy) is 3. The van der Waals surface area contributed by atoms with Crippen molar-refractivity contribution >= 4 is 0 Å². The van der Waals surface area contributed by atoms with Gasteiger partial charge < -0.3 is 14.2 Å². The molecule has 0 bridgehead atoms. The molecule has 0 saturated heterocycles. The lowest BCUT2D eigenvalue weighted by molar-refractivity contribution is -0.0186. The topological polar surface area (TPSA) is 27.7 Å². The summed E-state index contributed by atoms with van der Waals surface area (Å²) in [6.07, 6.45) is 0.191. The monoisotopic (exact) mass is 176 g/mol. The van der Waals surface area contributed by atoms with Crippen LogP contribution in [0.5, 0.6) is 0 Å². The Kier molecular flexibility index (Phi) is 7.45. The van der Waals surface area contributed by atoms with Crippen molar-refractivity contribution < 1.29 is 14.2 Å². The van der Waals surface area contributed by atoms with Crippen LogP contribution in [0.25, 0.3) is 0 Å². The van der Waals surface area contributed by atoms with Crippen molar-refractivity contribution in [2.24, 2.45) is 5.92 Å². The molecule has 0 aliphatic carbocycles. The minimum absolute atomic E-state index is 0.191. The smallest absolute Gasteiger partial charge is 0.0615 e. The van der Waals surface area contributed by atoms with Gasteiger partial charge in [0, 0.05) is 26.7 Å². The van der Waals surface area contributed by atoms with Crippen LogP contribution in [-0.4, -0.2) is 40.1 Å². The second kappa shape index (κ2) is 7.53. The van der Waals surface area contributed by atoms with Crippen molar-refractivity contribution in [2.75, 3.05) is 34.0 Å². The molecule has 0 rings (SSSR count). The molecule has 0 N–H and O–H groups in total. The molecule has 2 unspecified atom stereocenters. The maximum Gasteiger partial charge on any atom is 0.0615 e. The zero-order valence-electron chi connectivity index (χ0n) is 8.50. The summed E-state index contributed by atoms with van der Waals surface area (Å²) in [6.45, 7) is 6.16. The van der Waals surface area contributed by atoms with Gasteiger partial charge in [-0.3, -0.25) is 0 Å². The van der Waals surface area contributed by atoms with Crippen LogP contribution in [0, 0.1) is 5.92 Å². The fourth-order valence-electron chi connectivity index (χ4n) is 0.995. The summed E-state index contributed by atoms with van der Waals surface area (Å²) in [5.74, 6) is 0.333. The van der Waals surface area contributed by atoms with Crippen molar-refractivity contribution in [3.63, 3.8) is 0 Å². The lowest BCUT2D eigenvalue weighted by Crippen LogP contribution is -2.28. The highest BCUT2D eigenvalue weighted by Gasteiger charge is 2.16. The van der Waals surface area contributed by atoms with Gasteiger partial charge in [-0.15, -0.1) is 0 Å². The third kappa shape index (κ3) is 4.70. The Morgan fingerprint density at radius 2 is 1.83 bits per heavy atom. The third-order valence-electron chi connectivity index (χ3n) is 1.95. The van der Waals surface area contributed by atoms with Gasteiger partial charge in [-0.2, -0.15) is 0 Å². The van der Waals surface area contributed by atoms with Gasteiger partial charge in [-0.05, 0) is 13.8 Å². The Bertz CT molecular complexity index is 95.8. The SMILES string of the molecule is CCOCC(COC)C(C)OC. The molecule has 0 fully saturated rings. The fourth-order valence-corrected chi connectivity index (χ4v) is 0.995. The van der Waals surface area contributed by atoms with Crippen molar-refractivity contribution in [1.82, 2.24) is 0 Å². The lowest BCUT2D eigenvalue weighted by Gasteiger charge is -2.21. The Morgan fingerprint density at radius 1 is 1.17 bits per heavy atom. The van der Waals surface area contributed by atoms with Gasteiger partial charge in [-0.1, -0.05) is 0 Å². The highest BCUT2D eigenvalue weighted by Crippen LogP contribution is 2.07. The Morgan fingerprint density at radius 3 is 2.25 bits per heavy atom. The molecule has 3 heteroatoms. The van der Waals surface area contributed by atoms with Gasteiger partial charge in [0.2, 0.25) is 0 Å². The summed E-state index contributed by atoms with van der Waals surface area (Å²) < 4.78 is 15.6. The molecule has 0 heterocycles. The maximum atomic E-state index is 5.31. The molecular formula is C9H20O3. The van der Waals surface area contributed by atoms with Gasteiger partial charge in [0.1, 0.15) is 0 Å². The van der Waals surface area contributed by atoms with Crippen molar-refractivity contribution in [3.05, 3.63) is 0 Å². The first-order valence-corrected chi connectivity index (χ1v) is 4.35. The molecule has 0 aliphatic rings. The van der Waals surface area contributed by atoms with E-state index < -0.39 is 0 Å². The van der Waals surface area contributed by atoms with Gasteiger partial charge in [-0.25, -0.2) is 0 Å². The normalized spacial score (nSPS) is 16.0. The molecule has 74 valence electrons. The third-order valence-corrected chi connectivity index (χ3v) is 1.95. The van der Waals surface area contributed by atoms with E-state index in [0.29, 0.717) is 19.1 Å². The van der Waals surface area contributed by atoms with E-state index in [4.69, 9.17) is 14.2 Å². The van der Waals surface area contributed by atoms with Crippen LogP contribution in [0.1, 0.15) is 13.8 Å². The summed E-state index contributed by atoms with van der Waals surface area (Å²) in [5, 5.41) is 0. The predicted octanol–water partition coefficient (Wildman–Crippen LogP) is 1.32. The van der Waals surface area contributed by atoms with Gasteiger partial charge in [0.25, 0.3) is 0 Å². The average molecular weight is 176 g/mol. The van der Waals surface area contributed by atoms with Crippen LogP contribution >= 0.6 is 0 Å². The van der Waals surface area contributed by atoms with E-state index in [9.17, 15) is 0 Å². The van der Waals surface area contributed by atoms with Crippen molar-refractivity contribution in [1.29, 1.82) is 0 Å². The molecule has 12 heavy (non-hydrogen) atoms. The largest absolute Gasteiger partial charge is 0.384 e. The van der Waals surface area contributed by atoms with Crippen molar-refractivity contribution in [3.8, 4) is 0 Å². The molecule has 0 aromatic carbocycles. The van der Waals surface area contributed by atoms with Gasteiger partial charge >= 0.3 is 0 Å². The first-order valence-electron chi connectivity index (χ1n) is 4.35. The molecule has 0 aromatic rings. The van der Waals surface area contributed by atoms with Crippen LogP contribution in [0.4, 0.5) is 0 Å². The van der Waals surface area contributed by atoms with E-state index in [-0.39, 0.29) is 6.10 Å². The zero-order chi connectivity index (χ0) is 9.40. The van der Waals surface area contributed by atoms with Crippen molar-refractivity contribution in [2.45, 2.75) is 20.0 Å². The summed E-state index contributed by atoms with van der Waals surface area (Å²) >= 11 is 0. The van der Waals surface area contributed by atoms with Gasteiger partial charge in [0.15, 0.2) is 0 Å². The van der Waals surface area contributed by atoms with Crippen LogP contribution in [0.15, 0.2) is 0 Å². The number of hydrogen-bond donors (Lipinski definition) is 0. The number of methoxy groups -OCH3 is 2. The molecule has 3 nitrogen and oxygen atoms in total. The van der Waals surface area contributed by atoms with E-state index in [0.717, 1.165) is 6.61 Å². The second-order valence-corrected chi connectivity index (χ2v) is 2.82. The van der Waals surface area contributed by atoms with Crippen LogP contribution in [0.3, 0.4) is 0 Å². The fraction of sp³-hybridized carbons (Fsp3) is 1.00. The number of rotatable bonds is 7. The quantitative estimate of drug-likeness (QED) is 0.585. The maximum absolute atomic E-state index is 5.31. The molecule has 0 aromatic heterocycles. The Labute approximate surface area is 75.0 Å². The minimum atomic E-state index is 0.191. The van der Waals surface area contributed by atoms with Crippen LogP contribution < -0.4 is 0 Å². The Balaban J connectivity index is 3.68. The van der Waals surface area contributed by atoms with E-state index in [1.165, 1.54) is 0 Å². The standard InChI is InChI=1S/C9H20O3/c1-5-12-7-9(6-10-3)8(2)11-4/h8-9H,5-7H2,1-4H3. The summed E-state index contributed by atoms with van der Waals surface area (Å²) in [6, 6.07) is 0. The van der Waals surface area contributed by atoms with E-state index in [1.807, 2.05) is 13.8 Å². The molecule has 0 amide bonds. The lowest BCUT2D eigenvalue weighted by atomic mass is 10.1. The zero-order valence-corrected chi connectivity index (χ0v) is 8.50. The van der Waals surface area contributed by atoms with Crippen LogP contribution in [-0.2, 0) is 14.2 Å². The first kappa shape index (κ1) is 11.9. The highest BCUT2D eigenvalue weighted by molar-refractivity contribution is 4.64. The summed E-state index contributed by atoms with van der Waals surface area (Å²) in [7, 11) is 3.40. The summed E-state index contributed by atoms with van der Waals surface area (Å²) in [5.41, 5.74) is 0. The predicted molar refractivity (Wildman–Crippen MR) is 48.3 cm³/mol. The number of hydrogen-bond acceptors (Lipinski definition) is 3. The second-order valence-electron chi connectivity index (χ2n) is 2.82. The van der Waals surface area contributed by atoms with E-state index in [2.05, 4.69) is 0 Å². The highest BCUT2D eigenvalue weighted by atomic mass is 16.5. The minimum Gasteiger partial charge on any atom is -0.384 e. The molecule has 2 atom stereocenters. The van der Waals surface area contributed by atoms with E-state index in [1.54, 1.807) is 14.2 Å². The first-order chi connectivity index (χ1) is 5.76. The van der Waals surface area contributed by atoms with E-state index >= 15 is 0 Å². The Hall–Kier alpha value is -0.120. The molecular weight excluding hydrogens is 156 g/mol. The van der Waals surface area contributed by atoms with Crippen LogP contribution in [0.2, 0.25) is 0 Å². The van der Waals surface area contributed by atoms with Gasteiger partial charge in [0.05, 0.1) is 19.3 Å². The summed E-state index contributed by atoms with van der Waals surface area (Å²) in [4.78, 5) is 0. The molecule has 0 radical (unpaired) electrons. The molecule has 0 saturated carbocycles. The molecule has 0 spiro atoms.